The Balaban J connectivity index is 1.72. The summed E-state index contributed by atoms with van der Waals surface area (Å²) in [4.78, 5) is 12.3. The van der Waals surface area contributed by atoms with Gasteiger partial charge < -0.3 is 10.4 Å². The van der Waals surface area contributed by atoms with Crippen molar-refractivity contribution >= 4 is 5.91 Å². The molecule has 1 heterocycles. The van der Waals surface area contributed by atoms with Gasteiger partial charge in [0.2, 0.25) is 0 Å². The zero-order chi connectivity index (χ0) is 16.1. The summed E-state index contributed by atoms with van der Waals surface area (Å²) < 4.78 is 1.71. The second kappa shape index (κ2) is 6.89. The smallest absolute Gasteiger partial charge is 0.251 e. The standard InChI is InChI=1S/C18H17N3O2/c22-13-16-6-2-1-5-15(16)12-19-18(23)14-7-3-8-17(11-14)21-10-4-9-20-21/h1-11,22H,12-13H2,(H,19,23). The predicted molar refractivity (Wildman–Crippen MR) is 87.1 cm³/mol. The molecule has 5 heteroatoms. The number of rotatable bonds is 5. The molecule has 0 unspecified atom stereocenters. The maximum absolute atomic E-state index is 12.3. The van der Waals surface area contributed by atoms with Gasteiger partial charge in [-0.3, -0.25) is 4.79 Å². The molecule has 2 aromatic carbocycles. The van der Waals surface area contributed by atoms with Gasteiger partial charge in [-0.15, -0.1) is 0 Å². The molecule has 5 nitrogen and oxygen atoms in total. The number of carbonyl (C=O) groups excluding carboxylic acids is 1. The number of aliphatic hydroxyl groups excluding tert-OH is 1. The van der Waals surface area contributed by atoms with Crippen LogP contribution in [0, 0.1) is 0 Å². The van der Waals surface area contributed by atoms with Crippen molar-refractivity contribution in [2.75, 3.05) is 0 Å². The molecule has 0 spiro atoms. The second-order valence-electron chi connectivity index (χ2n) is 5.11. The molecule has 2 N–H and O–H groups in total. The number of carbonyl (C=O) groups is 1. The first-order valence-corrected chi connectivity index (χ1v) is 7.34. The lowest BCUT2D eigenvalue weighted by Crippen LogP contribution is -2.23. The molecule has 1 aromatic heterocycles. The Morgan fingerprint density at radius 3 is 2.65 bits per heavy atom. The first-order chi connectivity index (χ1) is 11.3. The summed E-state index contributed by atoms with van der Waals surface area (Å²) in [7, 11) is 0. The van der Waals surface area contributed by atoms with Gasteiger partial charge in [0.1, 0.15) is 0 Å². The molecule has 0 aliphatic carbocycles. The minimum atomic E-state index is -0.160. The highest BCUT2D eigenvalue weighted by Crippen LogP contribution is 2.11. The number of nitrogens with zero attached hydrogens (tertiary/aromatic N) is 2. The van der Waals surface area contributed by atoms with Crippen molar-refractivity contribution in [1.29, 1.82) is 0 Å². The quantitative estimate of drug-likeness (QED) is 0.760. The molecule has 3 aromatic rings. The average Bonchev–Trinajstić information content (AvgIpc) is 3.14. The third-order valence-corrected chi connectivity index (χ3v) is 3.61. The van der Waals surface area contributed by atoms with Gasteiger partial charge in [-0.2, -0.15) is 5.10 Å². The van der Waals surface area contributed by atoms with Crippen LogP contribution in [-0.2, 0) is 13.2 Å². The highest BCUT2D eigenvalue weighted by Gasteiger charge is 2.08. The van der Waals surface area contributed by atoms with Crippen molar-refractivity contribution in [2.45, 2.75) is 13.2 Å². The number of nitrogens with one attached hydrogen (secondary N) is 1. The van der Waals surface area contributed by atoms with E-state index in [9.17, 15) is 9.90 Å². The molecule has 0 saturated heterocycles. The minimum absolute atomic E-state index is 0.0408. The van der Waals surface area contributed by atoms with E-state index in [-0.39, 0.29) is 12.5 Å². The first kappa shape index (κ1) is 15.0. The van der Waals surface area contributed by atoms with Crippen molar-refractivity contribution < 1.29 is 9.90 Å². The summed E-state index contributed by atoms with van der Waals surface area (Å²) in [6.45, 7) is 0.336. The van der Waals surface area contributed by atoms with Crippen LogP contribution < -0.4 is 5.32 Å². The van der Waals surface area contributed by atoms with E-state index < -0.39 is 0 Å². The van der Waals surface area contributed by atoms with Gasteiger partial charge in [0.15, 0.2) is 0 Å². The fraction of sp³-hybridized carbons (Fsp3) is 0.111. The Kier molecular flexibility index (Phi) is 4.49. The third kappa shape index (κ3) is 3.46. The van der Waals surface area contributed by atoms with E-state index in [0.29, 0.717) is 12.1 Å². The van der Waals surface area contributed by atoms with E-state index in [1.807, 2.05) is 48.7 Å². The van der Waals surface area contributed by atoms with Crippen LogP contribution in [0.1, 0.15) is 21.5 Å². The van der Waals surface area contributed by atoms with Crippen LogP contribution in [0.5, 0.6) is 0 Å². The molecule has 0 saturated carbocycles. The lowest BCUT2D eigenvalue weighted by atomic mass is 10.1. The van der Waals surface area contributed by atoms with E-state index >= 15 is 0 Å². The maximum Gasteiger partial charge on any atom is 0.251 e. The minimum Gasteiger partial charge on any atom is -0.392 e. The van der Waals surface area contributed by atoms with E-state index in [4.69, 9.17) is 0 Å². The lowest BCUT2D eigenvalue weighted by molar-refractivity contribution is 0.0950. The fourth-order valence-electron chi connectivity index (χ4n) is 2.37. The first-order valence-electron chi connectivity index (χ1n) is 7.34. The highest BCUT2D eigenvalue weighted by atomic mass is 16.3. The lowest BCUT2D eigenvalue weighted by Gasteiger charge is -2.10. The highest BCUT2D eigenvalue weighted by molar-refractivity contribution is 5.94. The van der Waals surface area contributed by atoms with Gasteiger partial charge in [0.05, 0.1) is 12.3 Å². The molecule has 23 heavy (non-hydrogen) atoms. The summed E-state index contributed by atoms with van der Waals surface area (Å²) in [5.41, 5.74) is 3.13. The van der Waals surface area contributed by atoms with Crippen molar-refractivity contribution in [3.8, 4) is 5.69 Å². The van der Waals surface area contributed by atoms with Crippen LogP contribution in [0.15, 0.2) is 67.0 Å². The fourth-order valence-corrected chi connectivity index (χ4v) is 2.37. The number of aromatic nitrogens is 2. The zero-order valence-electron chi connectivity index (χ0n) is 12.5. The number of amides is 1. The number of hydrogen-bond acceptors (Lipinski definition) is 3. The van der Waals surface area contributed by atoms with Crippen molar-refractivity contribution in [1.82, 2.24) is 15.1 Å². The summed E-state index contributed by atoms with van der Waals surface area (Å²) in [6, 6.07) is 16.6. The van der Waals surface area contributed by atoms with Crippen LogP contribution in [0.4, 0.5) is 0 Å². The van der Waals surface area contributed by atoms with E-state index in [1.165, 1.54) is 0 Å². The molecule has 0 aliphatic heterocycles. The average molecular weight is 307 g/mol. The molecular formula is C18H17N3O2. The van der Waals surface area contributed by atoms with Crippen LogP contribution in [-0.4, -0.2) is 20.8 Å². The number of hydrogen-bond donors (Lipinski definition) is 2. The van der Waals surface area contributed by atoms with Gasteiger partial charge in [0.25, 0.3) is 5.91 Å². The van der Waals surface area contributed by atoms with Crippen LogP contribution in [0.25, 0.3) is 5.69 Å². The van der Waals surface area contributed by atoms with Crippen LogP contribution in [0.3, 0.4) is 0 Å². The monoisotopic (exact) mass is 307 g/mol. The summed E-state index contributed by atoms with van der Waals surface area (Å²) in [5.74, 6) is -0.160. The zero-order valence-corrected chi connectivity index (χ0v) is 12.5. The van der Waals surface area contributed by atoms with Crippen LogP contribution >= 0.6 is 0 Å². The molecule has 0 aliphatic rings. The molecular weight excluding hydrogens is 290 g/mol. The third-order valence-electron chi connectivity index (χ3n) is 3.61. The number of aliphatic hydroxyl groups is 1. The van der Waals surface area contributed by atoms with Gasteiger partial charge >= 0.3 is 0 Å². The summed E-state index contributed by atoms with van der Waals surface area (Å²) in [5, 5.41) is 16.4. The molecule has 0 fully saturated rings. The normalized spacial score (nSPS) is 10.5. The predicted octanol–water partition coefficient (Wildman–Crippen LogP) is 2.29. The SMILES string of the molecule is O=C(NCc1ccccc1CO)c1cccc(-n2cccn2)c1. The molecule has 0 bridgehead atoms. The van der Waals surface area contributed by atoms with E-state index in [0.717, 1.165) is 16.8 Å². The van der Waals surface area contributed by atoms with E-state index in [1.54, 1.807) is 23.0 Å². The van der Waals surface area contributed by atoms with Gasteiger partial charge in [0, 0.05) is 24.5 Å². The molecule has 0 atom stereocenters. The van der Waals surface area contributed by atoms with Crippen molar-refractivity contribution in [2.24, 2.45) is 0 Å². The Hall–Kier alpha value is -2.92. The van der Waals surface area contributed by atoms with Crippen LogP contribution in [0.2, 0.25) is 0 Å². The molecule has 3 rings (SSSR count). The Morgan fingerprint density at radius 1 is 1.09 bits per heavy atom. The van der Waals surface area contributed by atoms with E-state index in [2.05, 4.69) is 10.4 Å². The van der Waals surface area contributed by atoms with Gasteiger partial charge in [-0.1, -0.05) is 30.3 Å². The summed E-state index contributed by atoms with van der Waals surface area (Å²) in [6.07, 6.45) is 3.52. The Bertz CT molecular complexity index is 798. The topological polar surface area (TPSA) is 67.2 Å². The number of benzene rings is 2. The van der Waals surface area contributed by atoms with Crippen molar-refractivity contribution in [3.05, 3.63) is 83.7 Å². The second-order valence-corrected chi connectivity index (χ2v) is 5.11. The molecule has 116 valence electrons. The maximum atomic E-state index is 12.3. The van der Waals surface area contributed by atoms with Gasteiger partial charge in [-0.25, -0.2) is 4.68 Å². The largest absolute Gasteiger partial charge is 0.392 e. The van der Waals surface area contributed by atoms with Gasteiger partial charge in [-0.05, 0) is 35.4 Å². The summed E-state index contributed by atoms with van der Waals surface area (Å²) >= 11 is 0. The Morgan fingerprint density at radius 2 is 1.91 bits per heavy atom. The van der Waals surface area contributed by atoms with Crippen molar-refractivity contribution in [3.63, 3.8) is 0 Å². The molecule has 1 amide bonds. The molecule has 0 radical (unpaired) electrons. The Labute approximate surface area is 134 Å².